The van der Waals surface area contributed by atoms with Crippen molar-refractivity contribution in [2.24, 2.45) is 5.92 Å². The minimum Gasteiger partial charge on any atom is -0.462 e. The Hall–Kier alpha value is -1.82. The van der Waals surface area contributed by atoms with E-state index >= 15 is 0 Å². The molecule has 1 aromatic rings. The molecule has 0 fully saturated rings. The molecule has 3 N–H and O–H groups in total. The van der Waals surface area contributed by atoms with Gasteiger partial charge in [-0.3, -0.25) is 0 Å². The van der Waals surface area contributed by atoms with Gasteiger partial charge < -0.3 is 20.5 Å². The number of nitrogens with one attached hydrogen (secondary N) is 1. The fourth-order valence-corrected chi connectivity index (χ4v) is 1.69. The first kappa shape index (κ1) is 17.2. The summed E-state index contributed by atoms with van der Waals surface area (Å²) in [5.41, 5.74) is 6.46. The third-order valence-electron chi connectivity index (χ3n) is 2.61. The fraction of sp³-hybridized carbons (Fsp3) is 0.600. The maximum Gasteiger partial charge on any atom is 0.341 e. The Labute approximate surface area is 126 Å². The van der Waals surface area contributed by atoms with Crippen molar-refractivity contribution >= 4 is 17.5 Å². The second-order valence-electron chi connectivity index (χ2n) is 5.13. The standard InChI is InChI=1S/C15H25N3O3/c1-4-21-15(19)13-8-12(16)9-18-14(13)17-6-5-7-20-10-11(2)3/h8-9,11H,4-7,10,16H2,1-3H3,(H,17,18). The first-order valence-corrected chi connectivity index (χ1v) is 7.28. The molecule has 6 nitrogen and oxygen atoms in total. The zero-order valence-corrected chi connectivity index (χ0v) is 13.0. The largest absolute Gasteiger partial charge is 0.462 e. The summed E-state index contributed by atoms with van der Waals surface area (Å²) in [6.07, 6.45) is 2.35. The Balaban J connectivity index is 2.48. The van der Waals surface area contributed by atoms with Crippen LogP contribution >= 0.6 is 0 Å². The van der Waals surface area contributed by atoms with E-state index in [0.717, 1.165) is 13.0 Å². The quantitative estimate of drug-likeness (QED) is 0.537. The highest BCUT2D eigenvalue weighted by Crippen LogP contribution is 2.16. The van der Waals surface area contributed by atoms with E-state index in [4.69, 9.17) is 15.2 Å². The third-order valence-corrected chi connectivity index (χ3v) is 2.61. The number of esters is 1. The van der Waals surface area contributed by atoms with Gasteiger partial charge in [0, 0.05) is 19.8 Å². The van der Waals surface area contributed by atoms with Gasteiger partial charge in [-0.1, -0.05) is 13.8 Å². The Morgan fingerprint density at radius 3 is 2.90 bits per heavy atom. The summed E-state index contributed by atoms with van der Waals surface area (Å²) < 4.78 is 10.5. The molecule has 1 aromatic heterocycles. The number of nitrogens with two attached hydrogens (primary N) is 1. The number of nitrogens with zero attached hydrogens (tertiary/aromatic N) is 1. The van der Waals surface area contributed by atoms with Gasteiger partial charge in [0.25, 0.3) is 0 Å². The van der Waals surface area contributed by atoms with Gasteiger partial charge in [-0.25, -0.2) is 9.78 Å². The van der Waals surface area contributed by atoms with Crippen molar-refractivity contribution in [1.82, 2.24) is 4.98 Å². The fourth-order valence-electron chi connectivity index (χ4n) is 1.69. The molecular formula is C15H25N3O3. The molecule has 0 saturated carbocycles. The van der Waals surface area contributed by atoms with E-state index in [1.165, 1.54) is 6.20 Å². The van der Waals surface area contributed by atoms with Crippen LogP contribution in [0.25, 0.3) is 0 Å². The van der Waals surface area contributed by atoms with Gasteiger partial charge in [-0.05, 0) is 25.3 Å². The van der Waals surface area contributed by atoms with Crippen LogP contribution in [-0.2, 0) is 9.47 Å². The minimum atomic E-state index is -0.421. The number of pyridine rings is 1. The molecule has 0 atom stereocenters. The molecule has 0 aliphatic heterocycles. The molecule has 0 aliphatic carbocycles. The normalized spacial score (nSPS) is 10.7. The average molecular weight is 295 g/mol. The van der Waals surface area contributed by atoms with Gasteiger partial charge in [-0.15, -0.1) is 0 Å². The van der Waals surface area contributed by atoms with Crippen molar-refractivity contribution in [3.63, 3.8) is 0 Å². The van der Waals surface area contributed by atoms with Crippen LogP contribution in [0.4, 0.5) is 11.5 Å². The van der Waals surface area contributed by atoms with Crippen molar-refractivity contribution in [2.45, 2.75) is 27.2 Å². The van der Waals surface area contributed by atoms with E-state index in [1.807, 2.05) is 0 Å². The molecule has 0 unspecified atom stereocenters. The Kier molecular flexibility index (Phi) is 7.53. The number of aromatic nitrogens is 1. The van der Waals surface area contributed by atoms with E-state index < -0.39 is 5.97 Å². The molecule has 1 rings (SSSR count). The van der Waals surface area contributed by atoms with Crippen LogP contribution in [0.2, 0.25) is 0 Å². The summed E-state index contributed by atoms with van der Waals surface area (Å²) in [5, 5.41) is 3.12. The second kappa shape index (κ2) is 9.18. The SMILES string of the molecule is CCOC(=O)c1cc(N)cnc1NCCCOCC(C)C. The average Bonchev–Trinajstić information content (AvgIpc) is 2.43. The maximum atomic E-state index is 11.8. The Morgan fingerprint density at radius 1 is 1.48 bits per heavy atom. The summed E-state index contributed by atoms with van der Waals surface area (Å²) in [6.45, 7) is 8.40. The monoisotopic (exact) mass is 295 g/mol. The van der Waals surface area contributed by atoms with Crippen LogP contribution in [0.15, 0.2) is 12.3 Å². The summed E-state index contributed by atoms with van der Waals surface area (Å²) >= 11 is 0. The molecule has 0 saturated heterocycles. The molecule has 6 heteroatoms. The lowest BCUT2D eigenvalue weighted by Crippen LogP contribution is -2.14. The number of anilines is 2. The molecule has 118 valence electrons. The van der Waals surface area contributed by atoms with Crippen LogP contribution in [0.3, 0.4) is 0 Å². The zero-order chi connectivity index (χ0) is 15.7. The lowest BCUT2D eigenvalue weighted by molar-refractivity contribution is 0.0527. The van der Waals surface area contributed by atoms with Gasteiger partial charge >= 0.3 is 5.97 Å². The van der Waals surface area contributed by atoms with Gasteiger partial charge in [0.15, 0.2) is 0 Å². The van der Waals surface area contributed by atoms with Crippen LogP contribution in [0.5, 0.6) is 0 Å². The van der Waals surface area contributed by atoms with Gasteiger partial charge in [-0.2, -0.15) is 0 Å². The molecule has 1 heterocycles. The molecule has 0 aliphatic rings. The van der Waals surface area contributed by atoms with Crippen LogP contribution in [-0.4, -0.2) is 37.3 Å². The van der Waals surface area contributed by atoms with Crippen molar-refractivity contribution in [3.8, 4) is 0 Å². The number of carbonyl (C=O) groups is 1. The molecule has 0 radical (unpaired) electrons. The number of nitrogen functional groups attached to an aromatic ring is 1. The molecule has 21 heavy (non-hydrogen) atoms. The number of hydrogen-bond donors (Lipinski definition) is 2. The van der Waals surface area contributed by atoms with E-state index in [-0.39, 0.29) is 0 Å². The van der Waals surface area contributed by atoms with Crippen molar-refractivity contribution in [3.05, 3.63) is 17.8 Å². The number of rotatable bonds is 9. The van der Waals surface area contributed by atoms with E-state index in [0.29, 0.717) is 42.7 Å². The van der Waals surface area contributed by atoms with E-state index in [1.54, 1.807) is 13.0 Å². The number of carbonyl (C=O) groups excluding carboxylic acids is 1. The van der Waals surface area contributed by atoms with Crippen molar-refractivity contribution in [1.29, 1.82) is 0 Å². The zero-order valence-electron chi connectivity index (χ0n) is 13.0. The van der Waals surface area contributed by atoms with Crippen molar-refractivity contribution < 1.29 is 14.3 Å². The van der Waals surface area contributed by atoms with Gasteiger partial charge in [0.05, 0.1) is 18.5 Å². The van der Waals surface area contributed by atoms with E-state index in [9.17, 15) is 4.79 Å². The molecule has 0 spiro atoms. The van der Waals surface area contributed by atoms with E-state index in [2.05, 4.69) is 24.1 Å². The Bertz CT molecular complexity index is 450. The second-order valence-corrected chi connectivity index (χ2v) is 5.13. The Morgan fingerprint density at radius 2 is 2.24 bits per heavy atom. The number of ether oxygens (including phenoxy) is 2. The molecule has 0 aromatic carbocycles. The smallest absolute Gasteiger partial charge is 0.341 e. The summed E-state index contributed by atoms with van der Waals surface area (Å²) in [4.78, 5) is 16.0. The van der Waals surface area contributed by atoms with Gasteiger partial charge in [0.1, 0.15) is 11.4 Å². The highest BCUT2D eigenvalue weighted by atomic mass is 16.5. The molecular weight excluding hydrogens is 270 g/mol. The highest BCUT2D eigenvalue weighted by molar-refractivity contribution is 5.95. The minimum absolute atomic E-state index is 0.316. The lowest BCUT2D eigenvalue weighted by atomic mass is 10.2. The van der Waals surface area contributed by atoms with Crippen LogP contribution in [0.1, 0.15) is 37.6 Å². The third kappa shape index (κ3) is 6.44. The maximum absolute atomic E-state index is 11.8. The number of hydrogen-bond acceptors (Lipinski definition) is 6. The first-order valence-electron chi connectivity index (χ1n) is 7.28. The van der Waals surface area contributed by atoms with Crippen LogP contribution in [0, 0.1) is 5.92 Å². The highest BCUT2D eigenvalue weighted by Gasteiger charge is 2.14. The first-order chi connectivity index (χ1) is 10.0. The topological polar surface area (TPSA) is 86.5 Å². The van der Waals surface area contributed by atoms with Gasteiger partial charge in [0.2, 0.25) is 0 Å². The summed E-state index contributed by atoms with van der Waals surface area (Å²) in [7, 11) is 0. The predicted octanol–water partition coefficient (Wildman–Crippen LogP) is 2.32. The lowest BCUT2D eigenvalue weighted by Gasteiger charge is -2.11. The predicted molar refractivity (Wildman–Crippen MR) is 83.4 cm³/mol. The van der Waals surface area contributed by atoms with Crippen molar-refractivity contribution in [2.75, 3.05) is 37.4 Å². The molecule has 0 amide bonds. The molecule has 0 bridgehead atoms. The van der Waals surface area contributed by atoms with Crippen LogP contribution < -0.4 is 11.1 Å². The summed E-state index contributed by atoms with van der Waals surface area (Å²) in [5.74, 6) is 0.606. The summed E-state index contributed by atoms with van der Waals surface area (Å²) in [6, 6.07) is 1.57.